The fourth-order valence-electron chi connectivity index (χ4n) is 1.67. The first-order valence-electron chi connectivity index (χ1n) is 5.41. The largest absolute Gasteiger partial charge is 0.389 e. The molecule has 0 atom stereocenters. The molecule has 1 aromatic carbocycles. The lowest BCUT2D eigenvalue weighted by Crippen LogP contribution is -2.17. The summed E-state index contributed by atoms with van der Waals surface area (Å²) in [5.41, 5.74) is 6.53. The van der Waals surface area contributed by atoms with E-state index >= 15 is 0 Å². The third-order valence-electron chi connectivity index (χ3n) is 2.63. The molecule has 2 nitrogen and oxygen atoms in total. The smallest absolute Gasteiger partial charge is 0.135 e. The van der Waals surface area contributed by atoms with Gasteiger partial charge in [0.1, 0.15) is 10.8 Å². The molecule has 1 aromatic heterocycles. The van der Waals surface area contributed by atoms with E-state index in [4.69, 9.17) is 18.0 Å². The van der Waals surface area contributed by atoms with E-state index in [1.165, 1.54) is 10.9 Å². The van der Waals surface area contributed by atoms with Gasteiger partial charge in [-0.3, -0.25) is 0 Å². The summed E-state index contributed by atoms with van der Waals surface area (Å²) in [5, 5.41) is 2.03. The van der Waals surface area contributed by atoms with E-state index in [9.17, 15) is 4.39 Å². The zero-order valence-electron chi connectivity index (χ0n) is 9.89. The van der Waals surface area contributed by atoms with Crippen molar-refractivity contribution in [2.24, 2.45) is 5.73 Å². The second-order valence-corrected chi connectivity index (χ2v) is 5.44. The Morgan fingerprint density at radius 2 is 2.22 bits per heavy atom. The van der Waals surface area contributed by atoms with Gasteiger partial charge in [-0.05, 0) is 29.6 Å². The van der Waals surface area contributed by atoms with Gasteiger partial charge in [-0.2, -0.15) is 0 Å². The Hall–Kier alpha value is -1.46. The van der Waals surface area contributed by atoms with E-state index < -0.39 is 0 Å². The predicted molar refractivity (Wildman–Crippen MR) is 78.7 cm³/mol. The molecule has 0 saturated heterocycles. The van der Waals surface area contributed by atoms with Gasteiger partial charge < -0.3 is 10.6 Å². The molecule has 1 heterocycles. The summed E-state index contributed by atoms with van der Waals surface area (Å²) in [7, 11) is 1.93. The van der Waals surface area contributed by atoms with Crippen molar-refractivity contribution in [1.82, 2.24) is 0 Å². The number of benzene rings is 1. The zero-order chi connectivity index (χ0) is 13.1. The highest BCUT2D eigenvalue weighted by Gasteiger charge is 2.09. The lowest BCUT2D eigenvalue weighted by Gasteiger charge is -2.19. The fourth-order valence-corrected chi connectivity index (χ4v) is 2.59. The van der Waals surface area contributed by atoms with E-state index in [0.717, 1.165) is 12.2 Å². The molecule has 0 fully saturated rings. The second-order valence-electron chi connectivity index (χ2n) is 3.96. The highest BCUT2D eigenvalue weighted by Crippen LogP contribution is 2.21. The van der Waals surface area contributed by atoms with Crippen molar-refractivity contribution >= 4 is 34.2 Å². The number of nitrogens with two attached hydrogens (primary N) is 1. The van der Waals surface area contributed by atoms with Gasteiger partial charge >= 0.3 is 0 Å². The minimum absolute atomic E-state index is 0.0833. The topological polar surface area (TPSA) is 29.3 Å². The molecule has 0 aliphatic heterocycles. The third-order valence-corrected chi connectivity index (χ3v) is 3.71. The molecule has 94 valence electrons. The number of hydrogen-bond acceptors (Lipinski definition) is 3. The van der Waals surface area contributed by atoms with Crippen LogP contribution in [0.5, 0.6) is 0 Å². The highest BCUT2D eigenvalue weighted by molar-refractivity contribution is 7.80. The first-order chi connectivity index (χ1) is 8.58. The zero-order valence-corrected chi connectivity index (χ0v) is 11.5. The van der Waals surface area contributed by atoms with Crippen LogP contribution in [0, 0.1) is 5.82 Å². The van der Waals surface area contributed by atoms with Crippen molar-refractivity contribution in [1.29, 1.82) is 0 Å². The molecule has 18 heavy (non-hydrogen) atoms. The number of hydrogen-bond donors (Lipinski definition) is 1. The summed E-state index contributed by atoms with van der Waals surface area (Å²) in [4.78, 5) is 3.30. The first-order valence-corrected chi connectivity index (χ1v) is 6.69. The molecule has 0 unspecified atom stereocenters. The van der Waals surface area contributed by atoms with Crippen molar-refractivity contribution in [2.75, 3.05) is 11.9 Å². The number of rotatable bonds is 4. The number of nitrogens with zero attached hydrogens (tertiary/aromatic N) is 1. The summed E-state index contributed by atoms with van der Waals surface area (Å²) in [6.45, 7) is 0.753. The number of anilines is 1. The molecule has 0 spiro atoms. The monoisotopic (exact) mass is 280 g/mol. The summed E-state index contributed by atoms with van der Waals surface area (Å²) < 4.78 is 13.7. The molecule has 0 aliphatic carbocycles. The maximum absolute atomic E-state index is 13.7. The Balaban J connectivity index is 2.18. The molecule has 0 amide bonds. The van der Waals surface area contributed by atoms with Crippen LogP contribution in [0.3, 0.4) is 0 Å². The minimum Gasteiger partial charge on any atom is -0.389 e. The van der Waals surface area contributed by atoms with Crippen LogP contribution in [-0.2, 0) is 6.54 Å². The number of thiophene rings is 1. The van der Waals surface area contributed by atoms with Crippen LogP contribution in [0.2, 0.25) is 0 Å². The Bertz CT molecular complexity index is 552. The third kappa shape index (κ3) is 2.86. The molecular weight excluding hydrogens is 267 g/mol. The van der Waals surface area contributed by atoms with Crippen LogP contribution >= 0.6 is 23.6 Å². The molecule has 0 bridgehead atoms. The summed E-state index contributed by atoms with van der Waals surface area (Å²) in [5.74, 6) is -0.377. The van der Waals surface area contributed by atoms with Crippen molar-refractivity contribution in [3.05, 3.63) is 52.0 Å². The average molecular weight is 280 g/mol. The van der Waals surface area contributed by atoms with Crippen LogP contribution in [0.25, 0.3) is 0 Å². The van der Waals surface area contributed by atoms with E-state index in [1.807, 2.05) is 29.5 Å². The standard InChI is InChI=1S/C13H13FN2S2/c1-16(8-10-3-2-6-18-10)9-4-5-11(13(15)17)12(14)7-9/h2-7H,8H2,1H3,(H2,15,17). The molecule has 2 aromatic rings. The van der Waals surface area contributed by atoms with Crippen molar-refractivity contribution in [3.8, 4) is 0 Å². The van der Waals surface area contributed by atoms with Gasteiger partial charge in [0, 0.05) is 23.2 Å². The van der Waals surface area contributed by atoms with E-state index in [1.54, 1.807) is 17.4 Å². The predicted octanol–water partition coefficient (Wildman–Crippen LogP) is 3.16. The Labute approximate surface area is 115 Å². The van der Waals surface area contributed by atoms with Crippen LogP contribution < -0.4 is 10.6 Å². The number of halogens is 1. The Morgan fingerprint density at radius 1 is 1.44 bits per heavy atom. The van der Waals surface area contributed by atoms with Crippen LogP contribution in [0.4, 0.5) is 10.1 Å². The fraction of sp³-hybridized carbons (Fsp3) is 0.154. The van der Waals surface area contributed by atoms with Crippen LogP contribution in [-0.4, -0.2) is 12.0 Å². The summed E-state index contributed by atoms with van der Waals surface area (Å²) >= 11 is 6.46. The molecular formula is C13H13FN2S2. The average Bonchev–Trinajstić information content (AvgIpc) is 2.81. The number of thiocarbonyl (C=S) groups is 1. The SMILES string of the molecule is CN(Cc1cccs1)c1ccc(C(N)=S)c(F)c1. The maximum atomic E-state index is 13.7. The normalized spacial score (nSPS) is 10.3. The lowest BCUT2D eigenvalue weighted by molar-refractivity contribution is 0.625. The molecule has 2 rings (SSSR count). The minimum atomic E-state index is -0.377. The van der Waals surface area contributed by atoms with Crippen LogP contribution in [0.15, 0.2) is 35.7 Å². The van der Waals surface area contributed by atoms with E-state index in [2.05, 4.69) is 6.07 Å². The van der Waals surface area contributed by atoms with E-state index in [-0.39, 0.29) is 10.8 Å². The highest BCUT2D eigenvalue weighted by atomic mass is 32.1. The quantitative estimate of drug-likeness (QED) is 0.872. The Morgan fingerprint density at radius 3 is 2.78 bits per heavy atom. The van der Waals surface area contributed by atoms with Crippen LogP contribution in [0.1, 0.15) is 10.4 Å². The van der Waals surface area contributed by atoms with Gasteiger partial charge in [-0.25, -0.2) is 4.39 Å². The second kappa shape index (κ2) is 5.46. The van der Waals surface area contributed by atoms with Gasteiger partial charge in [0.05, 0.1) is 6.54 Å². The maximum Gasteiger partial charge on any atom is 0.135 e. The van der Waals surface area contributed by atoms with Gasteiger partial charge in [0.2, 0.25) is 0 Å². The molecule has 0 radical (unpaired) electrons. The summed E-state index contributed by atoms with van der Waals surface area (Å²) in [6, 6.07) is 8.97. The molecule has 0 saturated carbocycles. The molecule has 2 N–H and O–H groups in total. The summed E-state index contributed by atoms with van der Waals surface area (Å²) in [6.07, 6.45) is 0. The lowest BCUT2D eigenvalue weighted by atomic mass is 10.2. The van der Waals surface area contributed by atoms with Gasteiger partial charge in [0.25, 0.3) is 0 Å². The van der Waals surface area contributed by atoms with Crippen molar-refractivity contribution in [3.63, 3.8) is 0 Å². The van der Waals surface area contributed by atoms with Gasteiger partial charge in [0.15, 0.2) is 0 Å². The Kier molecular flexibility index (Phi) is 3.93. The first kappa shape index (κ1) is 13.0. The van der Waals surface area contributed by atoms with Gasteiger partial charge in [-0.15, -0.1) is 11.3 Å². The molecule has 5 heteroatoms. The molecule has 0 aliphatic rings. The van der Waals surface area contributed by atoms with Crippen molar-refractivity contribution < 1.29 is 4.39 Å². The van der Waals surface area contributed by atoms with Gasteiger partial charge in [-0.1, -0.05) is 18.3 Å². The van der Waals surface area contributed by atoms with Crippen molar-refractivity contribution in [2.45, 2.75) is 6.54 Å². The van der Waals surface area contributed by atoms with E-state index in [0.29, 0.717) is 5.56 Å².